The van der Waals surface area contributed by atoms with Crippen LogP contribution in [0.15, 0.2) is 58.1 Å². The number of ether oxygens (including phenoxy) is 1. The zero-order valence-electron chi connectivity index (χ0n) is 36.5. The molecule has 2 aromatic carbocycles. The molecule has 0 aliphatic carbocycles. The normalized spacial score (nSPS) is 12.6. The van der Waals surface area contributed by atoms with Crippen molar-refractivity contribution in [1.29, 1.82) is 0 Å². The first-order valence-electron chi connectivity index (χ1n) is 19.2. The molecule has 0 saturated heterocycles. The summed E-state index contributed by atoms with van der Waals surface area (Å²) in [5, 5.41) is 24.5. The van der Waals surface area contributed by atoms with Crippen LogP contribution in [-0.2, 0) is 39.0 Å². The van der Waals surface area contributed by atoms with E-state index >= 15 is 0 Å². The van der Waals surface area contributed by atoms with Crippen LogP contribution in [0.5, 0.6) is 0 Å². The second-order valence-corrected chi connectivity index (χ2v) is 15.1. The molecule has 0 aliphatic heterocycles. The third-order valence-electron chi connectivity index (χ3n) is 8.86. The number of carbonyl (C=O) groups excluding carboxylic acids is 2. The minimum absolute atomic E-state index is 0.00302. The Balaban J connectivity index is 0.000000264. The molecule has 3 N–H and O–H groups in total. The molecule has 0 saturated carbocycles. The molecule has 4 heterocycles. The number of hydrogen-bond acceptors (Lipinski definition) is 12. The maximum atomic E-state index is 13.1. The van der Waals surface area contributed by atoms with Gasteiger partial charge in [0.25, 0.3) is 5.91 Å². The third kappa shape index (κ3) is 14.5. The van der Waals surface area contributed by atoms with Gasteiger partial charge in [-0.05, 0) is 70.0 Å². The monoisotopic (exact) mass is 1030 g/mol. The van der Waals surface area contributed by atoms with Gasteiger partial charge < -0.3 is 24.6 Å². The molecule has 0 aliphatic rings. The van der Waals surface area contributed by atoms with Gasteiger partial charge in [-0.25, -0.2) is 28.9 Å². The van der Waals surface area contributed by atoms with Crippen molar-refractivity contribution in [3.8, 4) is 22.8 Å². The number of carboxylic acids is 1. The van der Waals surface area contributed by atoms with Crippen LogP contribution in [0, 0.1) is 33.6 Å². The molecule has 0 fully saturated rings. The van der Waals surface area contributed by atoms with Gasteiger partial charge in [-0.2, -0.15) is 52.7 Å². The van der Waals surface area contributed by atoms with Crippen LogP contribution in [-0.4, -0.2) is 68.9 Å². The highest BCUT2D eigenvalue weighted by molar-refractivity contribution is 6.61. The van der Waals surface area contributed by atoms with E-state index in [2.05, 4.69) is 35.2 Å². The van der Waals surface area contributed by atoms with E-state index in [-0.39, 0.29) is 51.6 Å². The number of amides is 1. The number of hydrogen-bond donors (Lipinski definition) is 2. The van der Waals surface area contributed by atoms with E-state index in [0.29, 0.717) is 42.5 Å². The summed E-state index contributed by atoms with van der Waals surface area (Å²) in [6, 6.07) is 1.95. The van der Waals surface area contributed by atoms with Crippen molar-refractivity contribution in [2.24, 2.45) is 11.7 Å². The van der Waals surface area contributed by atoms with Gasteiger partial charge in [0.15, 0.2) is 11.6 Å². The number of halogens is 13. The van der Waals surface area contributed by atoms with Crippen molar-refractivity contribution in [3.05, 3.63) is 105 Å². The fraction of sp³-hybridized carbons (Fsp3) is 0.293. The SMILES string of the molecule is CC(C)COC(=O)Cl.Cc1noc(C)c1/C(=C\n1cnc(-c2cc(C(F)(F)F)cc(C(F)(F)F)c2)n1)C(=O)O.Cc1noc(C)c1/C(=C\n1cnc(-c2cc(C(F)(F)F)cc(C(F)(F)F)c2)n1)C(N)=O. The highest BCUT2D eigenvalue weighted by Crippen LogP contribution is 2.40. The number of rotatable bonds is 10. The summed E-state index contributed by atoms with van der Waals surface area (Å²) in [6.45, 7) is 10.3. The molecule has 4 aromatic heterocycles. The molecule has 6 aromatic rings. The summed E-state index contributed by atoms with van der Waals surface area (Å²) in [4.78, 5) is 40.9. The smallest absolute Gasteiger partial charge is 0.416 e. The van der Waals surface area contributed by atoms with E-state index in [1.165, 1.54) is 20.8 Å². The van der Waals surface area contributed by atoms with Gasteiger partial charge >= 0.3 is 36.1 Å². The summed E-state index contributed by atoms with van der Waals surface area (Å²) in [5.41, 5.74) is -1.80. The number of aromatic nitrogens is 8. The molecule has 1 amide bonds. The van der Waals surface area contributed by atoms with E-state index < -0.39 is 87.0 Å². The minimum Gasteiger partial charge on any atom is -0.478 e. The first-order valence-corrected chi connectivity index (χ1v) is 19.6. The lowest BCUT2D eigenvalue weighted by molar-refractivity contribution is -0.144. The van der Waals surface area contributed by atoms with Crippen molar-refractivity contribution in [2.75, 3.05) is 6.61 Å². The number of carbonyl (C=O) groups is 3. The Morgan fingerprint density at radius 2 is 1.00 bits per heavy atom. The first kappa shape index (κ1) is 55.1. The van der Waals surface area contributed by atoms with E-state index in [9.17, 15) is 72.2 Å². The van der Waals surface area contributed by atoms with Crippen LogP contribution in [0.2, 0.25) is 0 Å². The molecule has 0 radical (unpaired) electrons. The number of alkyl halides is 12. The van der Waals surface area contributed by atoms with Crippen molar-refractivity contribution in [2.45, 2.75) is 66.2 Å². The maximum absolute atomic E-state index is 13.1. The van der Waals surface area contributed by atoms with Crippen LogP contribution in [0.3, 0.4) is 0 Å². The highest BCUT2D eigenvalue weighted by Gasteiger charge is 2.39. The summed E-state index contributed by atoms with van der Waals surface area (Å²) in [6.07, 6.45) is -16.0. The number of nitrogens with zero attached hydrogens (tertiary/aromatic N) is 8. The Morgan fingerprint density at radius 1 is 0.657 bits per heavy atom. The summed E-state index contributed by atoms with van der Waals surface area (Å²) < 4.78 is 173. The van der Waals surface area contributed by atoms with E-state index in [1.54, 1.807) is 6.92 Å². The topological polar surface area (TPSA) is 220 Å². The first-order chi connectivity index (χ1) is 32.2. The summed E-state index contributed by atoms with van der Waals surface area (Å²) in [5.74, 6) is -2.32. The molecular formula is C41H34ClF12N9O7. The van der Waals surface area contributed by atoms with Gasteiger partial charge in [0.2, 0.25) is 0 Å². The average molecular weight is 1030 g/mol. The number of nitrogens with two attached hydrogens (primary N) is 1. The maximum Gasteiger partial charge on any atom is 0.416 e. The van der Waals surface area contributed by atoms with Crippen molar-refractivity contribution >= 4 is 52.5 Å². The van der Waals surface area contributed by atoms with Gasteiger partial charge in [0, 0.05) is 35.1 Å². The Labute approximate surface area is 390 Å². The van der Waals surface area contributed by atoms with Crippen LogP contribution in [0.4, 0.5) is 57.5 Å². The van der Waals surface area contributed by atoms with Crippen molar-refractivity contribution < 1.29 is 86.0 Å². The molecule has 376 valence electrons. The van der Waals surface area contributed by atoms with Gasteiger partial charge in [-0.1, -0.05) is 24.2 Å². The van der Waals surface area contributed by atoms with Crippen molar-refractivity contribution in [3.63, 3.8) is 0 Å². The minimum atomic E-state index is -5.03. The quantitative estimate of drug-likeness (QED) is 0.0742. The van der Waals surface area contributed by atoms with E-state index in [1.807, 2.05) is 13.8 Å². The van der Waals surface area contributed by atoms with E-state index in [0.717, 1.165) is 34.4 Å². The number of aryl methyl sites for hydroxylation is 4. The van der Waals surface area contributed by atoms with Gasteiger partial charge in [-0.3, -0.25) is 4.79 Å². The zero-order chi connectivity index (χ0) is 52.8. The molecule has 0 unspecified atom stereocenters. The fourth-order valence-electron chi connectivity index (χ4n) is 5.82. The van der Waals surface area contributed by atoms with Gasteiger partial charge in [0.05, 0.1) is 62.5 Å². The Hall–Kier alpha value is -7.52. The predicted octanol–water partition coefficient (Wildman–Crippen LogP) is 10.8. The molecular weight excluding hydrogens is 994 g/mol. The summed E-state index contributed by atoms with van der Waals surface area (Å²) in [7, 11) is 0. The van der Waals surface area contributed by atoms with Crippen molar-refractivity contribution in [1.82, 2.24) is 39.8 Å². The lowest BCUT2D eigenvalue weighted by atomic mass is 10.0. The molecule has 29 heteroatoms. The largest absolute Gasteiger partial charge is 0.478 e. The fourth-order valence-corrected chi connectivity index (χ4v) is 5.88. The molecule has 0 bridgehead atoms. The summed E-state index contributed by atoms with van der Waals surface area (Å²) >= 11 is 4.86. The lowest BCUT2D eigenvalue weighted by Crippen LogP contribution is -2.14. The Morgan fingerprint density at radius 3 is 1.26 bits per heavy atom. The number of primary amides is 1. The molecule has 0 atom stereocenters. The zero-order valence-corrected chi connectivity index (χ0v) is 37.3. The number of carboxylic acid groups (broad SMARTS) is 1. The molecule has 70 heavy (non-hydrogen) atoms. The lowest BCUT2D eigenvalue weighted by Gasteiger charge is -2.13. The highest BCUT2D eigenvalue weighted by atomic mass is 35.5. The van der Waals surface area contributed by atoms with Crippen LogP contribution < -0.4 is 5.73 Å². The second-order valence-electron chi connectivity index (χ2n) is 14.8. The Kier molecular flexibility index (Phi) is 16.8. The molecule has 0 spiro atoms. The average Bonchev–Trinajstić information content (AvgIpc) is 4.05. The van der Waals surface area contributed by atoms with Gasteiger partial charge in [-0.15, -0.1) is 10.2 Å². The van der Waals surface area contributed by atoms with E-state index in [4.69, 9.17) is 26.4 Å². The third-order valence-corrected chi connectivity index (χ3v) is 8.97. The molecule has 16 nitrogen and oxygen atoms in total. The van der Waals surface area contributed by atoms with Crippen LogP contribution in [0.1, 0.15) is 70.1 Å². The van der Waals surface area contributed by atoms with Gasteiger partial charge in [0.1, 0.15) is 24.2 Å². The van der Waals surface area contributed by atoms with Crippen LogP contribution in [0.25, 0.3) is 46.3 Å². The number of aliphatic carboxylic acids is 1. The standard InChI is InChI=1S/C18H13F6N5O2.C18H12F6N4O3.C5H9ClO2/c1-8-14(9(2)31-28-8)13(15(25)30)6-29-7-26-16(27-29)10-3-11(17(19,20)21)5-12(4-10)18(22,23)24;1-8-14(9(2)31-27-8)13(16(29)30)6-28-7-25-15(26-28)10-3-11(17(19,20)21)5-12(4-10)18(22,23)24;1-4(2)3-8-5(6)7/h3-7H,1-2H3,(H2,25,30);3-7H,1-2H3,(H,29,30);4H,3H2,1-2H3/b2*13-6+;. The predicted molar refractivity (Wildman–Crippen MR) is 220 cm³/mol. The number of benzene rings is 2. The van der Waals surface area contributed by atoms with Crippen LogP contribution >= 0.6 is 11.6 Å². The molecule has 6 rings (SSSR count). The second kappa shape index (κ2) is 21.4. The Bertz CT molecular complexity index is 2640.